The zero-order chi connectivity index (χ0) is 8.69. The Hall–Kier alpha value is -0.560. The average molecular weight is 154 g/mol. The molecule has 0 radical (unpaired) electrons. The van der Waals surface area contributed by atoms with Crippen LogP contribution in [0.2, 0.25) is 0 Å². The van der Waals surface area contributed by atoms with E-state index in [-0.39, 0.29) is 0 Å². The summed E-state index contributed by atoms with van der Waals surface area (Å²) in [7, 11) is 0. The molecule has 0 aromatic rings. The highest BCUT2D eigenvalue weighted by molar-refractivity contribution is 5.08. The van der Waals surface area contributed by atoms with Crippen LogP contribution in [0.4, 0.5) is 0 Å². The molecule has 11 heavy (non-hydrogen) atoms. The Labute approximate surface area is 70.4 Å². The predicted molar refractivity (Wildman–Crippen MR) is 50.6 cm³/mol. The number of nitrogens with one attached hydrogen (secondary N) is 1. The third-order valence-electron chi connectivity index (χ3n) is 1.92. The lowest BCUT2D eigenvalue weighted by atomic mass is 10.3. The molecule has 0 aliphatic rings. The molecule has 64 valence electrons. The molecule has 1 heteroatoms. The van der Waals surface area contributed by atoms with Crippen molar-refractivity contribution in [3.8, 4) is 0 Å². The van der Waals surface area contributed by atoms with Crippen LogP contribution in [0.5, 0.6) is 0 Å². The molecule has 0 rings (SSSR count). The molecule has 1 N–H and O–H groups in total. The molecule has 0 spiro atoms. The lowest BCUT2D eigenvalue weighted by Crippen LogP contribution is -3.09. The topological polar surface area (TPSA) is 4.44 Å². The minimum atomic E-state index is 1.17. The largest absolute Gasteiger partial charge is 0.303 e. The van der Waals surface area contributed by atoms with Crippen molar-refractivity contribution < 1.29 is 4.90 Å². The fourth-order valence-corrected chi connectivity index (χ4v) is 1.26. The van der Waals surface area contributed by atoms with Crippen molar-refractivity contribution in [2.45, 2.75) is 27.7 Å². The highest BCUT2D eigenvalue weighted by atomic mass is 15.1. The summed E-state index contributed by atoms with van der Waals surface area (Å²) in [5, 5.41) is 0. The maximum absolute atomic E-state index is 2.21. The summed E-state index contributed by atoms with van der Waals surface area (Å²) in [5.74, 6) is 0. The second-order valence-electron chi connectivity index (χ2n) is 2.55. The molecule has 0 heterocycles. The molecule has 0 aliphatic carbocycles. The van der Waals surface area contributed by atoms with Gasteiger partial charge in [-0.05, 0) is 39.8 Å². The summed E-state index contributed by atoms with van der Waals surface area (Å²) in [4.78, 5) is 1.55. The minimum absolute atomic E-state index is 1.17. The van der Waals surface area contributed by atoms with Crippen molar-refractivity contribution in [1.82, 2.24) is 0 Å². The van der Waals surface area contributed by atoms with Crippen LogP contribution >= 0.6 is 0 Å². The van der Waals surface area contributed by atoms with Crippen LogP contribution in [0.3, 0.4) is 0 Å². The normalized spacial score (nSPS) is 13.4. The van der Waals surface area contributed by atoms with Gasteiger partial charge in [-0.2, -0.15) is 0 Å². The molecule has 0 atom stereocenters. The van der Waals surface area contributed by atoms with E-state index in [4.69, 9.17) is 0 Å². The van der Waals surface area contributed by atoms with E-state index in [0.717, 1.165) is 0 Å². The molecule has 0 aromatic heterocycles. The van der Waals surface area contributed by atoms with Gasteiger partial charge in [0.15, 0.2) is 0 Å². The Bertz CT molecular complexity index is 141. The maximum atomic E-state index is 2.21. The second-order valence-corrected chi connectivity index (χ2v) is 2.55. The Morgan fingerprint density at radius 3 is 2.00 bits per heavy atom. The van der Waals surface area contributed by atoms with Gasteiger partial charge in [-0.15, -0.1) is 0 Å². The van der Waals surface area contributed by atoms with Gasteiger partial charge in [0, 0.05) is 0 Å². The van der Waals surface area contributed by atoms with Crippen molar-refractivity contribution in [1.29, 1.82) is 0 Å². The third-order valence-corrected chi connectivity index (χ3v) is 1.92. The number of hydrogen-bond acceptors (Lipinski definition) is 0. The fraction of sp³-hybridized carbons (Fsp3) is 0.600. The van der Waals surface area contributed by atoms with E-state index < -0.39 is 0 Å². The molecule has 0 saturated carbocycles. The van der Waals surface area contributed by atoms with Crippen molar-refractivity contribution in [3.05, 3.63) is 23.9 Å². The summed E-state index contributed by atoms with van der Waals surface area (Å²) in [5.41, 5.74) is 1.40. The minimum Gasteiger partial charge on any atom is -0.303 e. The highest BCUT2D eigenvalue weighted by Gasteiger charge is 2.04. The Kier molecular flexibility index (Phi) is 5.86. The zero-order valence-electron chi connectivity index (χ0n) is 8.15. The van der Waals surface area contributed by atoms with E-state index >= 15 is 0 Å². The summed E-state index contributed by atoms with van der Waals surface area (Å²) >= 11 is 0. The molecular formula is C10H20N+. The summed E-state index contributed by atoms with van der Waals surface area (Å²) in [6, 6.07) is 0. The first-order chi connectivity index (χ1) is 5.29. The van der Waals surface area contributed by atoms with Gasteiger partial charge in [0.2, 0.25) is 0 Å². The van der Waals surface area contributed by atoms with Crippen molar-refractivity contribution in [2.75, 3.05) is 13.1 Å². The molecule has 0 aromatic carbocycles. The molecule has 0 amide bonds. The highest BCUT2D eigenvalue weighted by Crippen LogP contribution is 1.85. The standard InChI is InChI=1S/C10H19N/c1-5-9-10(6-2)11(7-3)8-4/h5-6,9H,7-8H2,1-4H3/p+1/b9-5-,10-6+. The van der Waals surface area contributed by atoms with Crippen LogP contribution in [-0.2, 0) is 0 Å². The lowest BCUT2D eigenvalue weighted by molar-refractivity contribution is -0.853. The van der Waals surface area contributed by atoms with Gasteiger partial charge >= 0.3 is 0 Å². The first-order valence-corrected chi connectivity index (χ1v) is 4.44. The van der Waals surface area contributed by atoms with Gasteiger partial charge in [-0.1, -0.05) is 6.08 Å². The van der Waals surface area contributed by atoms with Gasteiger partial charge in [-0.3, -0.25) is 0 Å². The number of rotatable bonds is 4. The van der Waals surface area contributed by atoms with Crippen LogP contribution in [0, 0.1) is 0 Å². The summed E-state index contributed by atoms with van der Waals surface area (Å²) < 4.78 is 0. The smallest absolute Gasteiger partial charge is 0.126 e. The number of quaternary nitrogens is 1. The Morgan fingerprint density at radius 1 is 1.18 bits per heavy atom. The van der Waals surface area contributed by atoms with Crippen LogP contribution in [-0.4, -0.2) is 13.1 Å². The molecular weight excluding hydrogens is 134 g/mol. The molecule has 1 nitrogen and oxygen atoms in total. The first kappa shape index (κ1) is 10.4. The van der Waals surface area contributed by atoms with Gasteiger partial charge in [0.1, 0.15) is 5.70 Å². The monoisotopic (exact) mass is 154 g/mol. The molecule has 0 bridgehead atoms. The van der Waals surface area contributed by atoms with Crippen molar-refractivity contribution in [2.24, 2.45) is 0 Å². The SMILES string of the molecule is C/C=C\C(=C/C)[NH+](CC)CC. The average Bonchev–Trinajstić information content (AvgIpc) is 2.05. The summed E-state index contributed by atoms with van der Waals surface area (Å²) in [6.07, 6.45) is 6.46. The van der Waals surface area contributed by atoms with E-state index in [0.29, 0.717) is 0 Å². The maximum Gasteiger partial charge on any atom is 0.126 e. The number of hydrogen-bond donors (Lipinski definition) is 1. The van der Waals surface area contributed by atoms with Crippen LogP contribution in [0.1, 0.15) is 27.7 Å². The number of allylic oxidation sites excluding steroid dienone is 3. The molecule has 0 fully saturated rings. The van der Waals surface area contributed by atoms with Crippen LogP contribution < -0.4 is 4.90 Å². The van der Waals surface area contributed by atoms with Gasteiger partial charge in [-0.25, -0.2) is 0 Å². The number of likely N-dealkylation sites (N-methyl/N-ethyl adjacent to an activating group) is 1. The van der Waals surface area contributed by atoms with E-state index in [1.807, 2.05) is 0 Å². The second kappa shape index (κ2) is 6.17. The van der Waals surface area contributed by atoms with E-state index in [2.05, 4.69) is 45.9 Å². The Balaban J connectivity index is 4.22. The summed E-state index contributed by atoms with van der Waals surface area (Å²) in [6.45, 7) is 10.9. The lowest BCUT2D eigenvalue weighted by Gasteiger charge is -2.15. The van der Waals surface area contributed by atoms with Crippen LogP contribution in [0.25, 0.3) is 0 Å². The predicted octanol–water partition coefficient (Wildman–Crippen LogP) is 1.39. The van der Waals surface area contributed by atoms with E-state index in [1.54, 1.807) is 4.90 Å². The Morgan fingerprint density at radius 2 is 1.73 bits per heavy atom. The fourth-order valence-electron chi connectivity index (χ4n) is 1.26. The van der Waals surface area contributed by atoms with Gasteiger partial charge in [0.05, 0.1) is 13.1 Å². The molecule has 0 unspecified atom stereocenters. The van der Waals surface area contributed by atoms with Crippen molar-refractivity contribution >= 4 is 0 Å². The molecule has 0 aliphatic heterocycles. The third kappa shape index (κ3) is 3.38. The van der Waals surface area contributed by atoms with Crippen molar-refractivity contribution in [3.63, 3.8) is 0 Å². The van der Waals surface area contributed by atoms with Crippen LogP contribution in [0.15, 0.2) is 23.9 Å². The van der Waals surface area contributed by atoms with Gasteiger partial charge < -0.3 is 4.90 Å². The molecule has 0 saturated heterocycles. The van der Waals surface area contributed by atoms with E-state index in [1.165, 1.54) is 18.8 Å². The zero-order valence-corrected chi connectivity index (χ0v) is 8.15. The van der Waals surface area contributed by atoms with E-state index in [9.17, 15) is 0 Å². The quantitative estimate of drug-likeness (QED) is 0.584. The van der Waals surface area contributed by atoms with Gasteiger partial charge in [0.25, 0.3) is 0 Å². The first-order valence-electron chi connectivity index (χ1n) is 4.44.